The van der Waals surface area contributed by atoms with Gasteiger partial charge in [-0.05, 0) is 92.3 Å². The van der Waals surface area contributed by atoms with Gasteiger partial charge in [-0.1, -0.05) is 70.7 Å². The van der Waals surface area contributed by atoms with Crippen molar-refractivity contribution in [3.63, 3.8) is 0 Å². The van der Waals surface area contributed by atoms with Gasteiger partial charge in [-0.25, -0.2) is 21.1 Å². The second kappa shape index (κ2) is 12.7. The molecule has 3 aromatic carbocycles. The first-order chi connectivity index (χ1) is 20.2. The summed E-state index contributed by atoms with van der Waals surface area (Å²) in [6.45, 7) is 3.00. The van der Waals surface area contributed by atoms with Crippen LogP contribution in [-0.2, 0) is 25.5 Å². The summed E-state index contributed by atoms with van der Waals surface area (Å²) in [6.07, 6.45) is 3.60. The molecule has 232 valence electrons. The molecule has 2 heterocycles. The first-order valence-electron chi connectivity index (χ1n) is 13.9. The van der Waals surface area contributed by atoms with Gasteiger partial charge >= 0.3 is 0 Å². The van der Waals surface area contributed by atoms with Crippen LogP contribution in [0, 0.1) is 0 Å². The molecule has 13 heteroatoms. The van der Waals surface area contributed by atoms with Crippen LogP contribution in [-0.4, -0.2) is 72.1 Å². The highest BCUT2D eigenvalue weighted by Crippen LogP contribution is 2.48. The molecule has 1 spiro atoms. The number of halogens is 4. The van der Waals surface area contributed by atoms with Crippen LogP contribution in [0.15, 0.2) is 65.6 Å². The fourth-order valence-electron chi connectivity index (χ4n) is 6.25. The predicted octanol–water partition coefficient (Wildman–Crippen LogP) is 6.91. The summed E-state index contributed by atoms with van der Waals surface area (Å²) >= 11 is 24.8. The van der Waals surface area contributed by atoms with E-state index in [1.807, 2.05) is 24.3 Å². The summed E-state index contributed by atoms with van der Waals surface area (Å²) in [4.78, 5) is 2.40. The fraction of sp³-hybridized carbons (Fsp3) is 0.400. The van der Waals surface area contributed by atoms with Crippen LogP contribution in [0.1, 0.15) is 36.3 Å². The Balaban J connectivity index is 1.31. The zero-order valence-corrected chi connectivity index (χ0v) is 28.5. The number of likely N-dealkylation sites (N-methyl/N-ethyl adjacent to an activating group) is 1. The maximum atomic E-state index is 13.5. The van der Waals surface area contributed by atoms with Crippen molar-refractivity contribution in [1.29, 1.82) is 0 Å². The van der Waals surface area contributed by atoms with Crippen molar-refractivity contribution in [2.45, 2.75) is 35.5 Å². The number of hydrogen-bond acceptors (Lipinski definition) is 5. The van der Waals surface area contributed by atoms with E-state index in [0.717, 1.165) is 49.3 Å². The normalized spacial score (nSPS) is 17.9. The third-order valence-corrected chi connectivity index (χ3v) is 12.7. The zero-order chi connectivity index (χ0) is 31.2. The lowest BCUT2D eigenvalue weighted by molar-refractivity contribution is 0.162. The molecule has 3 aromatic rings. The standard InChI is InChI=1S/C30H33Cl4N3O4S2/c1-35(43(40,41)25-17-23(31)16-24(32)18-25)19-22(21-7-8-27(33)28(34)15-21)9-12-36-13-10-30(11-14-36)20-37(42(2,38)39)29-6-4-3-5-26(29)30/h3-8,15-18,22H,9-14,19-20H2,1-2H3/t22-/m1/s1. The van der Waals surface area contributed by atoms with Gasteiger partial charge in [-0.3, -0.25) is 4.31 Å². The van der Waals surface area contributed by atoms with Gasteiger partial charge in [0.05, 0.1) is 26.9 Å². The Morgan fingerprint density at radius 3 is 2.16 bits per heavy atom. The average Bonchev–Trinajstić information content (AvgIpc) is 3.27. The molecular weight excluding hydrogens is 672 g/mol. The molecule has 0 amide bonds. The van der Waals surface area contributed by atoms with Gasteiger partial charge in [0.15, 0.2) is 0 Å². The van der Waals surface area contributed by atoms with Gasteiger partial charge < -0.3 is 4.90 Å². The summed E-state index contributed by atoms with van der Waals surface area (Å²) in [5.41, 5.74) is 2.55. The summed E-state index contributed by atoms with van der Waals surface area (Å²) in [5.74, 6) is -0.173. The molecule has 0 aromatic heterocycles. The molecule has 0 bridgehead atoms. The molecule has 0 unspecified atom stereocenters. The van der Waals surface area contributed by atoms with Crippen molar-refractivity contribution in [3.05, 3.63) is 91.9 Å². The Hall–Kier alpha value is -1.56. The van der Waals surface area contributed by atoms with Crippen molar-refractivity contribution in [1.82, 2.24) is 9.21 Å². The molecule has 0 radical (unpaired) electrons. The Kier molecular flexibility index (Phi) is 9.68. The maximum absolute atomic E-state index is 13.5. The zero-order valence-electron chi connectivity index (χ0n) is 23.8. The van der Waals surface area contributed by atoms with E-state index < -0.39 is 20.0 Å². The minimum Gasteiger partial charge on any atom is -0.303 e. The monoisotopic (exact) mass is 703 g/mol. The Bertz CT molecular complexity index is 1710. The third kappa shape index (κ3) is 6.99. The number of nitrogens with zero attached hydrogens (tertiary/aromatic N) is 3. The van der Waals surface area contributed by atoms with Crippen molar-refractivity contribution in [2.75, 3.05) is 50.3 Å². The van der Waals surface area contributed by atoms with Gasteiger partial charge in [0, 0.05) is 35.6 Å². The molecule has 1 atom stereocenters. The van der Waals surface area contributed by atoms with Crippen molar-refractivity contribution < 1.29 is 16.8 Å². The molecule has 0 N–H and O–H groups in total. The predicted molar refractivity (Wildman–Crippen MR) is 176 cm³/mol. The van der Waals surface area contributed by atoms with E-state index in [9.17, 15) is 16.8 Å². The largest absolute Gasteiger partial charge is 0.303 e. The number of sulfonamides is 2. The SMILES string of the molecule is CN(C[C@@H](CCN1CCC2(CC1)CN(S(C)(=O)=O)c1ccccc12)c1ccc(Cl)c(Cl)c1)S(=O)(=O)c1cc(Cl)cc(Cl)c1. The molecular formula is C30H33Cl4N3O4S2. The van der Waals surface area contributed by atoms with Crippen molar-refractivity contribution >= 4 is 72.1 Å². The number of rotatable bonds is 9. The number of para-hydroxylation sites is 1. The lowest BCUT2D eigenvalue weighted by Crippen LogP contribution is -2.46. The van der Waals surface area contributed by atoms with E-state index in [2.05, 4.69) is 11.0 Å². The highest BCUT2D eigenvalue weighted by Gasteiger charge is 2.46. The fourth-order valence-corrected chi connectivity index (χ4v) is 9.49. The second-order valence-corrected chi connectivity index (χ2v) is 17.1. The first kappa shape index (κ1) is 32.8. The Morgan fingerprint density at radius 1 is 0.884 bits per heavy atom. The minimum absolute atomic E-state index is 0.0294. The summed E-state index contributed by atoms with van der Waals surface area (Å²) in [6, 6.07) is 17.5. The van der Waals surface area contributed by atoms with Crippen LogP contribution in [0.5, 0.6) is 0 Å². The van der Waals surface area contributed by atoms with E-state index in [1.165, 1.54) is 28.8 Å². The number of piperidine rings is 1. The van der Waals surface area contributed by atoms with Gasteiger partial charge in [-0.15, -0.1) is 0 Å². The summed E-state index contributed by atoms with van der Waals surface area (Å²) < 4.78 is 54.9. The quantitative estimate of drug-likeness (QED) is 0.242. The third-order valence-electron chi connectivity index (χ3n) is 8.63. The lowest BCUT2D eigenvalue weighted by Gasteiger charge is -2.40. The number of likely N-dealkylation sites (tertiary alicyclic amines) is 1. The minimum atomic E-state index is -3.87. The van der Waals surface area contributed by atoms with E-state index in [4.69, 9.17) is 46.4 Å². The topological polar surface area (TPSA) is 78.0 Å². The van der Waals surface area contributed by atoms with Crippen molar-refractivity contribution in [2.24, 2.45) is 0 Å². The Morgan fingerprint density at radius 2 is 1.53 bits per heavy atom. The maximum Gasteiger partial charge on any atom is 0.242 e. The van der Waals surface area contributed by atoms with E-state index in [-0.39, 0.29) is 32.8 Å². The van der Waals surface area contributed by atoms with Gasteiger partial charge in [-0.2, -0.15) is 0 Å². The first-order valence-corrected chi connectivity index (χ1v) is 18.7. The average molecular weight is 706 g/mol. The van der Waals surface area contributed by atoms with E-state index >= 15 is 0 Å². The number of fused-ring (bicyclic) bond motifs is 2. The molecule has 1 saturated heterocycles. The second-order valence-electron chi connectivity index (χ2n) is 11.5. The van der Waals surface area contributed by atoms with Gasteiger partial charge in [0.25, 0.3) is 0 Å². The Labute approximate surface area is 274 Å². The van der Waals surface area contributed by atoms with Crippen LogP contribution < -0.4 is 4.31 Å². The molecule has 1 fully saturated rings. The lowest BCUT2D eigenvalue weighted by atomic mass is 9.74. The van der Waals surface area contributed by atoms with Crippen LogP contribution in [0.25, 0.3) is 0 Å². The molecule has 0 aliphatic carbocycles. The van der Waals surface area contributed by atoms with E-state index in [1.54, 1.807) is 23.5 Å². The molecule has 5 rings (SSSR count). The molecule has 0 saturated carbocycles. The van der Waals surface area contributed by atoms with Crippen LogP contribution in [0.4, 0.5) is 5.69 Å². The summed E-state index contributed by atoms with van der Waals surface area (Å²) in [7, 11) is -5.71. The van der Waals surface area contributed by atoms with Crippen LogP contribution >= 0.6 is 46.4 Å². The van der Waals surface area contributed by atoms with Crippen molar-refractivity contribution in [3.8, 4) is 0 Å². The van der Waals surface area contributed by atoms with Crippen LogP contribution in [0.2, 0.25) is 20.1 Å². The van der Waals surface area contributed by atoms with Crippen LogP contribution in [0.3, 0.4) is 0 Å². The number of benzene rings is 3. The molecule has 2 aliphatic heterocycles. The van der Waals surface area contributed by atoms with Gasteiger partial charge in [0.1, 0.15) is 0 Å². The molecule has 7 nitrogen and oxygen atoms in total. The molecule has 2 aliphatic rings. The highest BCUT2D eigenvalue weighted by atomic mass is 35.5. The number of hydrogen-bond donors (Lipinski definition) is 0. The highest BCUT2D eigenvalue weighted by molar-refractivity contribution is 7.92. The molecule has 43 heavy (non-hydrogen) atoms. The smallest absolute Gasteiger partial charge is 0.242 e. The summed E-state index contributed by atoms with van der Waals surface area (Å²) in [5, 5.41) is 1.33. The number of anilines is 1. The van der Waals surface area contributed by atoms with E-state index in [0.29, 0.717) is 23.0 Å². The van der Waals surface area contributed by atoms with Gasteiger partial charge in [0.2, 0.25) is 20.0 Å².